The van der Waals surface area contributed by atoms with Gasteiger partial charge in [0.2, 0.25) is 0 Å². The lowest BCUT2D eigenvalue weighted by Gasteiger charge is -2.32. The first kappa shape index (κ1) is 15.9. The third-order valence-electron chi connectivity index (χ3n) is 3.77. The molecule has 4 nitrogen and oxygen atoms in total. The Labute approximate surface area is 111 Å². The van der Waals surface area contributed by atoms with Crippen molar-refractivity contribution in [3.8, 4) is 0 Å². The summed E-state index contributed by atoms with van der Waals surface area (Å²) in [5.41, 5.74) is -0.119. The van der Waals surface area contributed by atoms with Gasteiger partial charge in [0, 0.05) is 18.8 Å². The van der Waals surface area contributed by atoms with Crippen molar-refractivity contribution in [1.82, 2.24) is 5.32 Å². The zero-order valence-corrected chi connectivity index (χ0v) is 11.9. The molecule has 4 heteroatoms. The third kappa shape index (κ3) is 5.22. The van der Waals surface area contributed by atoms with Crippen LogP contribution in [0.1, 0.15) is 46.0 Å². The SMILES string of the molecule is CCCNC(CC)(CO)CCCOC1CCOC1. The second-order valence-electron chi connectivity index (χ2n) is 5.18. The molecule has 2 N–H and O–H groups in total. The van der Waals surface area contributed by atoms with Crippen LogP contribution in [-0.4, -0.2) is 49.7 Å². The Hall–Kier alpha value is -0.160. The minimum absolute atomic E-state index is 0.119. The van der Waals surface area contributed by atoms with E-state index in [-0.39, 0.29) is 12.1 Å². The normalized spacial score (nSPS) is 23.2. The van der Waals surface area contributed by atoms with E-state index >= 15 is 0 Å². The van der Waals surface area contributed by atoms with Gasteiger partial charge < -0.3 is 19.9 Å². The molecule has 0 aliphatic carbocycles. The Morgan fingerprint density at radius 2 is 2.28 bits per heavy atom. The van der Waals surface area contributed by atoms with Crippen molar-refractivity contribution in [2.45, 2.75) is 57.6 Å². The van der Waals surface area contributed by atoms with Crippen LogP contribution in [0, 0.1) is 0 Å². The number of rotatable bonds is 10. The first-order valence-corrected chi connectivity index (χ1v) is 7.31. The zero-order chi connectivity index (χ0) is 13.3. The van der Waals surface area contributed by atoms with Gasteiger partial charge in [0.05, 0.1) is 19.3 Å². The van der Waals surface area contributed by atoms with E-state index in [1.807, 2.05) is 0 Å². The molecule has 2 unspecified atom stereocenters. The number of hydrogen-bond acceptors (Lipinski definition) is 4. The van der Waals surface area contributed by atoms with E-state index in [1.54, 1.807) is 0 Å². The molecule has 0 aromatic heterocycles. The lowest BCUT2D eigenvalue weighted by molar-refractivity contribution is 0.0344. The summed E-state index contributed by atoms with van der Waals surface area (Å²) in [6.07, 6.45) is 5.31. The van der Waals surface area contributed by atoms with E-state index in [9.17, 15) is 5.11 Å². The van der Waals surface area contributed by atoms with Crippen molar-refractivity contribution in [1.29, 1.82) is 0 Å². The molecule has 0 bridgehead atoms. The second-order valence-corrected chi connectivity index (χ2v) is 5.18. The Morgan fingerprint density at radius 1 is 1.44 bits per heavy atom. The predicted molar refractivity (Wildman–Crippen MR) is 72.8 cm³/mol. The molecule has 18 heavy (non-hydrogen) atoms. The highest BCUT2D eigenvalue weighted by molar-refractivity contribution is 4.85. The Kier molecular flexibility index (Phi) is 7.82. The van der Waals surface area contributed by atoms with Gasteiger partial charge in [-0.2, -0.15) is 0 Å². The Morgan fingerprint density at radius 3 is 2.83 bits per heavy atom. The number of aliphatic hydroxyl groups excluding tert-OH is 1. The summed E-state index contributed by atoms with van der Waals surface area (Å²) in [7, 11) is 0. The first-order valence-electron chi connectivity index (χ1n) is 7.31. The predicted octanol–water partition coefficient (Wildman–Crippen LogP) is 1.71. The van der Waals surface area contributed by atoms with Crippen molar-refractivity contribution in [2.75, 3.05) is 33.0 Å². The molecular weight excluding hydrogens is 230 g/mol. The monoisotopic (exact) mass is 259 g/mol. The van der Waals surface area contributed by atoms with Gasteiger partial charge in [0.25, 0.3) is 0 Å². The fourth-order valence-electron chi connectivity index (χ4n) is 2.33. The van der Waals surface area contributed by atoms with Gasteiger partial charge in [-0.1, -0.05) is 13.8 Å². The Bertz CT molecular complexity index is 201. The summed E-state index contributed by atoms with van der Waals surface area (Å²) >= 11 is 0. The lowest BCUT2D eigenvalue weighted by Crippen LogP contribution is -2.48. The quantitative estimate of drug-likeness (QED) is 0.587. The second kappa shape index (κ2) is 8.86. The molecule has 108 valence electrons. The minimum atomic E-state index is -0.119. The van der Waals surface area contributed by atoms with Gasteiger partial charge in [-0.3, -0.25) is 0 Å². The number of hydrogen-bond donors (Lipinski definition) is 2. The largest absolute Gasteiger partial charge is 0.394 e. The molecule has 1 aliphatic heterocycles. The van der Waals surface area contributed by atoms with E-state index < -0.39 is 0 Å². The maximum atomic E-state index is 9.59. The van der Waals surface area contributed by atoms with Crippen LogP contribution < -0.4 is 5.32 Å². The number of nitrogens with one attached hydrogen (secondary N) is 1. The minimum Gasteiger partial charge on any atom is -0.394 e. The highest BCUT2D eigenvalue weighted by Gasteiger charge is 2.26. The van der Waals surface area contributed by atoms with Crippen molar-refractivity contribution in [2.24, 2.45) is 0 Å². The van der Waals surface area contributed by atoms with Gasteiger partial charge in [-0.25, -0.2) is 0 Å². The van der Waals surface area contributed by atoms with Crippen molar-refractivity contribution < 1.29 is 14.6 Å². The van der Waals surface area contributed by atoms with Crippen molar-refractivity contribution in [3.63, 3.8) is 0 Å². The summed E-state index contributed by atoms with van der Waals surface area (Å²) in [6.45, 7) is 7.79. The summed E-state index contributed by atoms with van der Waals surface area (Å²) in [5, 5.41) is 13.1. The average molecular weight is 259 g/mol. The molecule has 1 rings (SSSR count). The third-order valence-corrected chi connectivity index (χ3v) is 3.77. The highest BCUT2D eigenvalue weighted by atomic mass is 16.5. The molecule has 0 saturated carbocycles. The van der Waals surface area contributed by atoms with Gasteiger partial charge in [-0.05, 0) is 38.6 Å². The molecule has 1 saturated heterocycles. The fraction of sp³-hybridized carbons (Fsp3) is 1.00. The fourth-order valence-corrected chi connectivity index (χ4v) is 2.33. The van der Waals surface area contributed by atoms with Crippen molar-refractivity contribution >= 4 is 0 Å². The standard InChI is InChI=1S/C14H29NO3/c1-3-8-15-14(4-2,12-16)7-5-9-18-13-6-10-17-11-13/h13,15-16H,3-12H2,1-2H3. The number of ether oxygens (including phenoxy) is 2. The molecule has 0 radical (unpaired) electrons. The summed E-state index contributed by atoms with van der Waals surface area (Å²) in [4.78, 5) is 0. The summed E-state index contributed by atoms with van der Waals surface area (Å²) in [5.74, 6) is 0. The van der Waals surface area contributed by atoms with Crippen LogP contribution in [-0.2, 0) is 9.47 Å². The molecule has 1 aliphatic rings. The molecule has 0 spiro atoms. The van der Waals surface area contributed by atoms with E-state index in [4.69, 9.17) is 9.47 Å². The zero-order valence-electron chi connectivity index (χ0n) is 11.9. The topological polar surface area (TPSA) is 50.7 Å². The summed E-state index contributed by atoms with van der Waals surface area (Å²) < 4.78 is 11.0. The molecular formula is C14H29NO3. The summed E-state index contributed by atoms with van der Waals surface area (Å²) in [6, 6.07) is 0. The maximum absolute atomic E-state index is 9.59. The van der Waals surface area contributed by atoms with E-state index in [1.165, 1.54) is 0 Å². The van der Waals surface area contributed by atoms with Gasteiger partial charge >= 0.3 is 0 Å². The molecule has 2 atom stereocenters. The average Bonchev–Trinajstić information content (AvgIpc) is 2.92. The van der Waals surface area contributed by atoms with Gasteiger partial charge in [0.1, 0.15) is 0 Å². The lowest BCUT2D eigenvalue weighted by atomic mass is 9.91. The van der Waals surface area contributed by atoms with Gasteiger partial charge in [0.15, 0.2) is 0 Å². The van der Waals surface area contributed by atoms with Crippen LogP contribution in [0.15, 0.2) is 0 Å². The number of aliphatic hydroxyl groups is 1. The van der Waals surface area contributed by atoms with Crippen LogP contribution in [0.3, 0.4) is 0 Å². The van der Waals surface area contributed by atoms with E-state index in [0.717, 1.165) is 58.5 Å². The van der Waals surface area contributed by atoms with Crippen LogP contribution in [0.2, 0.25) is 0 Å². The van der Waals surface area contributed by atoms with Crippen LogP contribution in [0.25, 0.3) is 0 Å². The smallest absolute Gasteiger partial charge is 0.0830 e. The maximum Gasteiger partial charge on any atom is 0.0830 e. The molecule has 1 fully saturated rings. The van der Waals surface area contributed by atoms with Crippen molar-refractivity contribution in [3.05, 3.63) is 0 Å². The molecule has 0 aromatic rings. The van der Waals surface area contributed by atoms with Gasteiger partial charge in [-0.15, -0.1) is 0 Å². The molecule has 0 aromatic carbocycles. The van der Waals surface area contributed by atoms with E-state index in [2.05, 4.69) is 19.2 Å². The molecule has 0 amide bonds. The van der Waals surface area contributed by atoms with Crippen LogP contribution in [0.4, 0.5) is 0 Å². The van der Waals surface area contributed by atoms with Crippen LogP contribution >= 0.6 is 0 Å². The van der Waals surface area contributed by atoms with Crippen LogP contribution in [0.5, 0.6) is 0 Å². The highest BCUT2D eigenvalue weighted by Crippen LogP contribution is 2.18. The Balaban J connectivity index is 2.19. The van der Waals surface area contributed by atoms with E-state index in [0.29, 0.717) is 6.10 Å². The first-order chi connectivity index (χ1) is 8.76. The molecule has 1 heterocycles.